The van der Waals surface area contributed by atoms with Crippen LogP contribution in [0.25, 0.3) is 0 Å². The lowest BCUT2D eigenvalue weighted by molar-refractivity contribution is -0.0261. The number of phenolic OH excluding ortho intramolecular Hbond substituents is 1. The Labute approximate surface area is 157 Å². The van der Waals surface area contributed by atoms with Crippen molar-refractivity contribution in [2.75, 3.05) is 45.9 Å². The van der Waals surface area contributed by atoms with E-state index >= 15 is 0 Å². The monoisotopic (exact) mass is 362 g/mol. The average molecular weight is 363 g/mol. The van der Waals surface area contributed by atoms with Gasteiger partial charge in [0.2, 0.25) is 0 Å². The molecule has 0 bridgehead atoms. The highest BCUT2D eigenvalue weighted by atomic mass is 16.5. The first kappa shape index (κ1) is 20.5. The topological polar surface area (TPSA) is 69.1 Å². The van der Waals surface area contributed by atoms with Crippen molar-refractivity contribution >= 4 is 5.96 Å². The number of aromatic hydroxyl groups is 1. The van der Waals surface area contributed by atoms with E-state index in [1.54, 1.807) is 12.1 Å². The summed E-state index contributed by atoms with van der Waals surface area (Å²) in [5.74, 6) is 1.80. The Hall–Kier alpha value is -1.79. The summed E-state index contributed by atoms with van der Waals surface area (Å²) >= 11 is 0. The van der Waals surface area contributed by atoms with Crippen LogP contribution in [-0.2, 0) is 11.2 Å². The number of nitrogens with zero attached hydrogens (tertiary/aromatic N) is 2. The molecular weight excluding hydrogens is 328 g/mol. The first-order valence-electron chi connectivity index (χ1n) is 9.71. The summed E-state index contributed by atoms with van der Waals surface area (Å²) in [4.78, 5) is 7.16. The van der Waals surface area contributed by atoms with Gasteiger partial charge in [-0.25, -0.2) is 0 Å². The van der Waals surface area contributed by atoms with E-state index in [4.69, 9.17) is 9.73 Å². The molecule has 1 aromatic carbocycles. The smallest absolute Gasteiger partial charge is 0.191 e. The minimum absolute atomic E-state index is 0.157. The molecule has 1 saturated heterocycles. The molecule has 0 aliphatic carbocycles. The van der Waals surface area contributed by atoms with Crippen molar-refractivity contribution in [1.29, 1.82) is 0 Å². The van der Waals surface area contributed by atoms with Crippen molar-refractivity contribution in [1.82, 2.24) is 15.5 Å². The zero-order chi connectivity index (χ0) is 18.8. The Morgan fingerprint density at radius 1 is 1.38 bits per heavy atom. The molecule has 0 saturated carbocycles. The van der Waals surface area contributed by atoms with Crippen LogP contribution in [0.5, 0.6) is 5.75 Å². The van der Waals surface area contributed by atoms with E-state index < -0.39 is 0 Å². The first-order valence-corrected chi connectivity index (χ1v) is 9.71. The predicted molar refractivity (Wildman–Crippen MR) is 107 cm³/mol. The minimum Gasteiger partial charge on any atom is -0.508 e. The SMILES string of the molecule is CCNC(=NCC1CN(CC(C)C)CCO1)NCCc1cccc(O)c1. The van der Waals surface area contributed by atoms with Gasteiger partial charge < -0.3 is 20.5 Å². The summed E-state index contributed by atoms with van der Waals surface area (Å²) in [6.45, 7) is 12.7. The van der Waals surface area contributed by atoms with Crippen molar-refractivity contribution < 1.29 is 9.84 Å². The van der Waals surface area contributed by atoms with Crippen LogP contribution in [0.15, 0.2) is 29.3 Å². The van der Waals surface area contributed by atoms with Crippen molar-refractivity contribution in [3.05, 3.63) is 29.8 Å². The molecule has 1 aliphatic heterocycles. The van der Waals surface area contributed by atoms with E-state index in [0.29, 0.717) is 18.2 Å². The van der Waals surface area contributed by atoms with Gasteiger partial charge >= 0.3 is 0 Å². The van der Waals surface area contributed by atoms with Crippen molar-refractivity contribution in [3.63, 3.8) is 0 Å². The number of guanidine groups is 1. The zero-order valence-corrected chi connectivity index (χ0v) is 16.4. The molecule has 1 fully saturated rings. The number of aliphatic imine (C=N–C) groups is 1. The van der Waals surface area contributed by atoms with Gasteiger partial charge in [0.15, 0.2) is 5.96 Å². The van der Waals surface area contributed by atoms with Gasteiger partial charge in [-0.05, 0) is 37.0 Å². The second kappa shape index (κ2) is 11.0. The molecule has 146 valence electrons. The van der Waals surface area contributed by atoms with E-state index in [0.717, 1.165) is 57.3 Å². The van der Waals surface area contributed by atoms with Crippen LogP contribution in [0.3, 0.4) is 0 Å². The van der Waals surface area contributed by atoms with Gasteiger partial charge in [0.25, 0.3) is 0 Å². The average Bonchev–Trinajstić information content (AvgIpc) is 2.59. The maximum Gasteiger partial charge on any atom is 0.191 e. The molecular formula is C20H34N4O2. The van der Waals surface area contributed by atoms with Gasteiger partial charge in [0.1, 0.15) is 5.75 Å². The fourth-order valence-electron chi connectivity index (χ4n) is 3.15. The Bertz CT molecular complexity index is 562. The zero-order valence-electron chi connectivity index (χ0n) is 16.4. The molecule has 1 heterocycles. The van der Waals surface area contributed by atoms with Crippen molar-refractivity contribution in [2.45, 2.75) is 33.3 Å². The van der Waals surface area contributed by atoms with E-state index in [-0.39, 0.29) is 6.10 Å². The quantitative estimate of drug-likeness (QED) is 0.486. The summed E-state index contributed by atoms with van der Waals surface area (Å²) in [7, 11) is 0. The standard InChI is InChI=1S/C20H34N4O2/c1-4-21-20(22-9-8-17-6-5-7-18(25)12-17)23-13-19-15-24(10-11-26-19)14-16(2)3/h5-7,12,16,19,25H,4,8-11,13-15H2,1-3H3,(H2,21,22,23). The molecule has 6 nitrogen and oxygen atoms in total. The molecule has 6 heteroatoms. The number of nitrogens with one attached hydrogen (secondary N) is 2. The van der Waals surface area contributed by atoms with E-state index in [1.165, 1.54) is 0 Å². The van der Waals surface area contributed by atoms with Gasteiger partial charge in [-0.3, -0.25) is 9.89 Å². The van der Waals surface area contributed by atoms with E-state index in [1.807, 2.05) is 12.1 Å². The number of benzene rings is 1. The normalized spacial score (nSPS) is 18.9. The van der Waals surface area contributed by atoms with Crippen molar-refractivity contribution in [3.8, 4) is 5.75 Å². The number of phenols is 1. The largest absolute Gasteiger partial charge is 0.508 e. The lowest BCUT2D eigenvalue weighted by Gasteiger charge is -2.33. The molecule has 1 aromatic rings. The van der Waals surface area contributed by atoms with Crippen LogP contribution in [0.4, 0.5) is 0 Å². The minimum atomic E-state index is 0.157. The molecule has 0 radical (unpaired) electrons. The first-order chi connectivity index (χ1) is 12.6. The lowest BCUT2D eigenvalue weighted by Crippen LogP contribution is -2.46. The van der Waals surface area contributed by atoms with Crippen LogP contribution < -0.4 is 10.6 Å². The van der Waals surface area contributed by atoms with Gasteiger partial charge in [0.05, 0.1) is 19.3 Å². The molecule has 0 amide bonds. The maximum absolute atomic E-state index is 9.54. The Kier molecular flexibility index (Phi) is 8.71. The highest BCUT2D eigenvalue weighted by Crippen LogP contribution is 2.11. The third-order valence-corrected chi connectivity index (χ3v) is 4.26. The van der Waals surface area contributed by atoms with E-state index in [9.17, 15) is 5.11 Å². The molecule has 1 atom stereocenters. The molecule has 1 aliphatic rings. The fraction of sp³-hybridized carbons (Fsp3) is 0.650. The second-order valence-corrected chi connectivity index (χ2v) is 7.21. The van der Waals surface area contributed by atoms with Crippen LogP contribution in [0.1, 0.15) is 26.3 Å². The summed E-state index contributed by atoms with van der Waals surface area (Å²) in [5, 5.41) is 16.2. The van der Waals surface area contributed by atoms with Gasteiger partial charge in [-0.15, -0.1) is 0 Å². The third-order valence-electron chi connectivity index (χ3n) is 4.26. The number of hydrogen-bond acceptors (Lipinski definition) is 4. The molecule has 1 unspecified atom stereocenters. The van der Waals surface area contributed by atoms with Gasteiger partial charge in [-0.2, -0.15) is 0 Å². The van der Waals surface area contributed by atoms with Gasteiger partial charge in [-0.1, -0.05) is 26.0 Å². The number of morpholine rings is 1. The van der Waals surface area contributed by atoms with Crippen LogP contribution in [-0.4, -0.2) is 67.9 Å². The Morgan fingerprint density at radius 2 is 2.23 bits per heavy atom. The summed E-state index contributed by atoms with van der Waals surface area (Å²) in [6.07, 6.45) is 0.991. The Balaban J connectivity index is 1.79. The van der Waals surface area contributed by atoms with Gasteiger partial charge in [0, 0.05) is 32.7 Å². The summed E-state index contributed by atoms with van der Waals surface area (Å²) < 4.78 is 5.87. The number of rotatable bonds is 8. The highest BCUT2D eigenvalue weighted by molar-refractivity contribution is 5.79. The molecule has 2 rings (SSSR count). The molecule has 0 spiro atoms. The maximum atomic E-state index is 9.54. The number of hydrogen-bond donors (Lipinski definition) is 3. The molecule has 3 N–H and O–H groups in total. The van der Waals surface area contributed by atoms with Crippen molar-refractivity contribution in [2.24, 2.45) is 10.9 Å². The summed E-state index contributed by atoms with van der Waals surface area (Å²) in [5.41, 5.74) is 1.10. The third kappa shape index (κ3) is 7.62. The lowest BCUT2D eigenvalue weighted by atomic mass is 10.1. The Morgan fingerprint density at radius 3 is 2.96 bits per heavy atom. The molecule has 0 aromatic heterocycles. The predicted octanol–water partition coefficient (Wildman–Crippen LogP) is 1.85. The van der Waals surface area contributed by atoms with Crippen LogP contribution >= 0.6 is 0 Å². The highest BCUT2D eigenvalue weighted by Gasteiger charge is 2.20. The van der Waals surface area contributed by atoms with Crippen LogP contribution in [0, 0.1) is 5.92 Å². The molecule has 26 heavy (non-hydrogen) atoms. The fourth-order valence-corrected chi connectivity index (χ4v) is 3.15. The number of ether oxygens (including phenoxy) is 1. The summed E-state index contributed by atoms with van der Waals surface area (Å²) in [6, 6.07) is 7.37. The van der Waals surface area contributed by atoms with E-state index in [2.05, 4.69) is 36.3 Å². The second-order valence-electron chi connectivity index (χ2n) is 7.21. The van der Waals surface area contributed by atoms with Crippen LogP contribution in [0.2, 0.25) is 0 Å².